The van der Waals surface area contributed by atoms with Crippen LogP contribution in [0.15, 0.2) is 24.3 Å². The first-order valence-electron chi connectivity index (χ1n) is 9.48. The number of piperidine rings is 1. The van der Waals surface area contributed by atoms with E-state index in [-0.39, 0.29) is 23.8 Å². The maximum atomic E-state index is 13.0. The lowest BCUT2D eigenvalue weighted by Crippen LogP contribution is -2.59. The second kappa shape index (κ2) is 7.48. The lowest BCUT2D eigenvalue weighted by atomic mass is 9.74. The molecule has 1 atom stereocenters. The Labute approximate surface area is 160 Å². The molecular formula is C20H30N4O3. The predicted molar refractivity (Wildman–Crippen MR) is 104 cm³/mol. The smallest absolute Gasteiger partial charge is 0.247 e. The molecule has 1 saturated heterocycles. The van der Waals surface area contributed by atoms with Gasteiger partial charge in [-0.1, -0.05) is 18.2 Å². The van der Waals surface area contributed by atoms with Crippen LogP contribution >= 0.6 is 0 Å². The second-order valence-corrected chi connectivity index (χ2v) is 8.21. The normalized spacial score (nSPS) is 19.3. The van der Waals surface area contributed by atoms with Crippen molar-refractivity contribution in [3.05, 3.63) is 29.8 Å². The summed E-state index contributed by atoms with van der Waals surface area (Å²) in [5.41, 5.74) is 7.44. The highest BCUT2D eigenvalue weighted by atomic mass is 16.5. The van der Waals surface area contributed by atoms with Gasteiger partial charge in [0.15, 0.2) is 0 Å². The Morgan fingerprint density at radius 3 is 2.63 bits per heavy atom. The minimum atomic E-state index is -1.04. The molecule has 0 saturated carbocycles. The summed E-state index contributed by atoms with van der Waals surface area (Å²) in [6.45, 7) is 5.60. The molecule has 4 N–H and O–H groups in total. The quantitative estimate of drug-likeness (QED) is 0.710. The molecule has 148 valence electrons. The number of nitrogens with zero attached hydrogens (tertiary/aromatic N) is 1. The van der Waals surface area contributed by atoms with Crippen molar-refractivity contribution in [1.82, 2.24) is 10.2 Å². The number of hydrogen-bond donors (Lipinski definition) is 3. The number of fused-ring (bicyclic) bond motifs is 2. The summed E-state index contributed by atoms with van der Waals surface area (Å²) in [6.07, 6.45) is 1.80. The van der Waals surface area contributed by atoms with Crippen LogP contribution in [-0.4, -0.2) is 61.6 Å². The van der Waals surface area contributed by atoms with E-state index in [0.29, 0.717) is 13.1 Å². The van der Waals surface area contributed by atoms with Crippen LogP contribution in [0.5, 0.6) is 0 Å². The summed E-state index contributed by atoms with van der Waals surface area (Å²) in [5, 5.41) is 6.24. The Balaban J connectivity index is 1.66. The maximum absolute atomic E-state index is 13.0. The van der Waals surface area contributed by atoms with Gasteiger partial charge in [-0.15, -0.1) is 0 Å². The molecule has 0 aromatic heterocycles. The van der Waals surface area contributed by atoms with Crippen molar-refractivity contribution in [2.24, 2.45) is 5.73 Å². The van der Waals surface area contributed by atoms with Crippen LogP contribution < -0.4 is 16.4 Å². The van der Waals surface area contributed by atoms with Crippen molar-refractivity contribution in [2.75, 3.05) is 38.7 Å². The first-order chi connectivity index (χ1) is 12.8. The fourth-order valence-corrected chi connectivity index (χ4v) is 3.97. The van der Waals surface area contributed by atoms with E-state index in [2.05, 4.69) is 28.8 Å². The molecule has 1 aromatic rings. The van der Waals surface area contributed by atoms with E-state index in [4.69, 9.17) is 10.5 Å². The molecule has 3 rings (SSSR count). The van der Waals surface area contributed by atoms with Gasteiger partial charge in [0.25, 0.3) is 0 Å². The standard InChI is InChI=1S/C20H30N4O3/c1-19(2,21)18(26)23-16(12-27-3)17(25)24-10-8-20(9-11-24)13-22-15-7-5-4-6-14(15)20/h4-7,16,22H,8-13,21H2,1-3H3,(H,23,26). The first-order valence-corrected chi connectivity index (χ1v) is 9.48. The SMILES string of the molecule is COCC(NC(=O)C(C)(C)N)C(=O)N1CCC2(CC1)CNc1ccccc12. The minimum Gasteiger partial charge on any atom is -0.384 e. The molecule has 2 heterocycles. The minimum absolute atomic E-state index is 0.0899. The monoisotopic (exact) mass is 374 g/mol. The predicted octanol–water partition coefficient (Wildman–Crippen LogP) is 0.841. The Morgan fingerprint density at radius 2 is 2.00 bits per heavy atom. The molecule has 0 bridgehead atoms. The number of para-hydroxylation sites is 1. The van der Waals surface area contributed by atoms with Crippen molar-refractivity contribution in [3.63, 3.8) is 0 Å². The highest BCUT2D eigenvalue weighted by Crippen LogP contribution is 2.43. The van der Waals surface area contributed by atoms with E-state index in [1.165, 1.54) is 18.4 Å². The molecule has 2 aliphatic heterocycles. The van der Waals surface area contributed by atoms with Gasteiger partial charge >= 0.3 is 0 Å². The topological polar surface area (TPSA) is 96.7 Å². The maximum Gasteiger partial charge on any atom is 0.247 e. The van der Waals surface area contributed by atoms with Crippen molar-refractivity contribution in [1.29, 1.82) is 0 Å². The van der Waals surface area contributed by atoms with Crippen LogP contribution in [0.2, 0.25) is 0 Å². The molecule has 0 radical (unpaired) electrons. The third-order valence-corrected chi connectivity index (χ3v) is 5.67. The van der Waals surface area contributed by atoms with E-state index >= 15 is 0 Å². The van der Waals surface area contributed by atoms with Gasteiger partial charge in [-0.3, -0.25) is 9.59 Å². The van der Waals surface area contributed by atoms with Gasteiger partial charge in [0, 0.05) is 37.8 Å². The number of likely N-dealkylation sites (tertiary alicyclic amines) is 1. The van der Waals surface area contributed by atoms with Crippen molar-refractivity contribution >= 4 is 17.5 Å². The van der Waals surface area contributed by atoms with E-state index in [1.807, 2.05) is 11.0 Å². The molecule has 7 heteroatoms. The molecule has 2 amide bonds. The van der Waals surface area contributed by atoms with Crippen molar-refractivity contribution < 1.29 is 14.3 Å². The highest BCUT2D eigenvalue weighted by Gasteiger charge is 2.43. The zero-order valence-electron chi connectivity index (χ0n) is 16.4. The average Bonchev–Trinajstić information content (AvgIpc) is 2.99. The Bertz CT molecular complexity index is 705. The fraction of sp³-hybridized carbons (Fsp3) is 0.600. The number of methoxy groups -OCH3 is 1. The van der Waals surface area contributed by atoms with Crippen molar-refractivity contribution in [2.45, 2.75) is 43.7 Å². The number of ether oxygens (including phenoxy) is 1. The Kier molecular flexibility index (Phi) is 5.44. The number of carbonyl (C=O) groups excluding carboxylic acids is 2. The van der Waals surface area contributed by atoms with Gasteiger partial charge in [0.05, 0.1) is 12.1 Å². The molecule has 1 fully saturated rings. The highest BCUT2D eigenvalue weighted by molar-refractivity contribution is 5.91. The Hall–Kier alpha value is -2.12. The van der Waals surface area contributed by atoms with Gasteiger partial charge in [0.1, 0.15) is 6.04 Å². The number of amides is 2. The number of nitrogens with one attached hydrogen (secondary N) is 2. The fourth-order valence-electron chi connectivity index (χ4n) is 3.97. The van der Waals surface area contributed by atoms with Crippen LogP contribution in [-0.2, 0) is 19.7 Å². The molecule has 1 unspecified atom stereocenters. The number of carbonyl (C=O) groups is 2. The lowest BCUT2D eigenvalue weighted by molar-refractivity contribution is -0.140. The second-order valence-electron chi connectivity index (χ2n) is 8.21. The molecule has 27 heavy (non-hydrogen) atoms. The first kappa shape index (κ1) is 19.6. The molecule has 1 aromatic carbocycles. The van der Waals surface area contributed by atoms with Crippen molar-refractivity contribution in [3.8, 4) is 0 Å². The van der Waals surface area contributed by atoms with E-state index in [0.717, 1.165) is 19.4 Å². The summed E-state index contributed by atoms with van der Waals surface area (Å²) >= 11 is 0. The van der Waals surface area contributed by atoms with Crippen LogP contribution in [0.3, 0.4) is 0 Å². The summed E-state index contributed by atoms with van der Waals surface area (Å²) in [5.74, 6) is -0.469. The molecule has 1 spiro atoms. The third kappa shape index (κ3) is 3.94. The third-order valence-electron chi connectivity index (χ3n) is 5.67. The number of benzene rings is 1. The number of rotatable bonds is 5. The van der Waals surface area contributed by atoms with E-state index in [9.17, 15) is 9.59 Å². The molecule has 0 aliphatic carbocycles. The van der Waals surface area contributed by atoms with E-state index < -0.39 is 11.6 Å². The van der Waals surface area contributed by atoms with Crippen LogP contribution in [0.25, 0.3) is 0 Å². The number of anilines is 1. The van der Waals surface area contributed by atoms with Gasteiger partial charge in [0.2, 0.25) is 11.8 Å². The Morgan fingerprint density at radius 1 is 1.33 bits per heavy atom. The van der Waals surface area contributed by atoms with Gasteiger partial charge in [-0.2, -0.15) is 0 Å². The van der Waals surface area contributed by atoms with E-state index in [1.54, 1.807) is 13.8 Å². The van der Waals surface area contributed by atoms with Gasteiger partial charge < -0.3 is 26.0 Å². The summed E-state index contributed by atoms with van der Waals surface area (Å²) in [4.78, 5) is 27.0. The summed E-state index contributed by atoms with van der Waals surface area (Å²) in [6, 6.07) is 7.70. The van der Waals surface area contributed by atoms with Gasteiger partial charge in [-0.05, 0) is 38.3 Å². The number of hydrogen-bond acceptors (Lipinski definition) is 5. The largest absolute Gasteiger partial charge is 0.384 e. The zero-order chi connectivity index (χ0) is 19.7. The van der Waals surface area contributed by atoms with Gasteiger partial charge in [-0.25, -0.2) is 0 Å². The molecule has 2 aliphatic rings. The lowest BCUT2D eigenvalue weighted by Gasteiger charge is -2.40. The summed E-state index contributed by atoms with van der Waals surface area (Å²) in [7, 11) is 1.52. The van der Waals surface area contributed by atoms with Crippen LogP contribution in [0.4, 0.5) is 5.69 Å². The molecule has 7 nitrogen and oxygen atoms in total. The average molecular weight is 374 g/mol. The number of nitrogens with two attached hydrogens (primary N) is 1. The zero-order valence-corrected chi connectivity index (χ0v) is 16.4. The van der Waals surface area contributed by atoms with Crippen LogP contribution in [0, 0.1) is 0 Å². The summed E-state index contributed by atoms with van der Waals surface area (Å²) < 4.78 is 5.16. The van der Waals surface area contributed by atoms with Crippen LogP contribution in [0.1, 0.15) is 32.3 Å². The molecular weight excluding hydrogens is 344 g/mol.